The van der Waals surface area contributed by atoms with Gasteiger partial charge in [-0.1, -0.05) is 6.58 Å². The topological polar surface area (TPSA) is 15.6 Å². The average Bonchev–Trinajstić information content (AvgIpc) is 2.17. The zero-order chi connectivity index (χ0) is 7.72. The molecule has 0 aromatic rings. The highest BCUT2D eigenvalue weighted by Crippen LogP contribution is 2.21. The number of nitrogens with zero attached hydrogens (tertiary/aromatic N) is 2. The predicted octanol–water partition coefficient (Wildman–Crippen LogP) is 1.29. The summed E-state index contributed by atoms with van der Waals surface area (Å²) in [5.41, 5.74) is 1.27. The van der Waals surface area contributed by atoms with E-state index in [9.17, 15) is 0 Å². The Morgan fingerprint density at radius 3 is 2.50 bits per heavy atom. The number of hydrogen-bond donors (Lipinski definition) is 0. The zero-order valence-electron chi connectivity index (χ0n) is 6.89. The minimum absolute atomic E-state index is 0.471. The lowest BCUT2D eigenvalue weighted by molar-refractivity contribution is 0.466. The number of aliphatic imine (C=N–C) groups is 1. The predicted molar refractivity (Wildman–Crippen MR) is 44.3 cm³/mol. The first-order chi connectivity index (χ1) is 4.66. The van der Waals surface area contributed by atoms with E-state index < -0.39 is 0 Å². The Morgan fingerprint density at radius 1 is 1.70 bits per heavy atom. The number of amidine groups is 1. The van der Waals surface area contributed by atoms with E-state index in [4.69, 9.17) is 0 Å². The van der Waals surface area contributed by atoms with Crippen molar-refractivity contribution in [3.63, 3.8) is 0 Å². The quantitative estimate of drug-likeness (QED) is 0.461. The molecule has 0 bridgehead atoms. The summed E-state index contributed by atoms with van der Waals surface area (Å²) in [4.78, 5) is 6.32. The van der Waals surface area contributed by atoms with Gasteiger partial charge in [0.25, 0.3) is 0 Å². The SMILES string of the molecule is C=C1CC(=NC)N(C)C1C. The fourth-order valence-corrected chi connectivity index (χ4v) is 1.21. The van der Waals surface area contributed by atoms with Gasteiger partial charge in [-0.05, 0) is 12.5 Å². The fraction of sp³-hybridized carbons (Fsp3) is 0.625. The zero-order valence-corrected chi connectivity index (χ0v) is 6.89. The number of rotatable bonds is 0. The van der Waals surface area contributed by atoms with Crippen LogP contribution in [0.25, 0.3) is 0 Å². The molecule has 1 saturated heterocycles. The number of likely N-dealkylation sites (tertiary alicyclic amines) is 1. The van der Waals surface area contributed by atoms with E-state index in [0.29, 0.717) is 6.04 Å². The van der Waals surface area contributed by atoms with Gasteiger partial charge in [0, 0.05) is 26.6 Å². The van der Waals surface area contributed by atoms with Crippen molar-refractivity contribution < 1.29 is 0 Å². The molecule has 2 nitrogen and oxygen atoms in total. The maximum atomic E-state index is 4.15. The fourth-order valence-electron chi connectivity index (χ4n) is 1.21. The smallest absolute Gasteiger partial charge is 0.103 e. The summed E-state index contributed by atoms with van der Waals surface area (Å²) in [6.07, 6.45) is 0.953. The molecule has 1 rings (SSSR count). The van der Waals surface area contributed by atoms with Crippen molar-refractivity contribution in [3.8, 4) is 0 Å². The van der Waals surface area contributed by atoms with Crippen molar-refractivity contribution >= 4 is 5.84 Å². The maximum absolute atomic E-state index is 4.15. The third-order valence-corrected chi connectivity index (χ3v) is 2.22. The monoisotopic (exact) mass is 138 g/mol. The molecule has 0 amide bonds. The molecule has 56 valence electrons. The van der Waals surface area contributed by atoms with Gasteiger partial charge >= 0.3 is 0 Å². The molecule has 0 aromatic heterocycles. The highest BCUT2D eigenvalue weighted by molar-refractivity contribution is 5.87. The molecule has 1 heterocycles. The Labute approximate surface area is 62.3 Å². The Bertz CT molecular complexity index is 182. The largest absolute Gasteiger partial charge is 0.357 e. The maximum Gasteiger partial charge on any atom is 0.103 e. The normalized spacial score (nSPS) is 30.3. The van der Waals surface area contributed by atoms with Gasteiger partial charge < -0.3 is 4.90 Å². The first-order valence-electron chi connectivity index (χ1n) is 3.53. The van der Waals surface area contributed by atoms with Gasteiger partial charge in [0.15, 0.2) is 0 Å². The van der Waals surface area contributed by atoms with Crippen molar-refractivity contribution in [2.75, 3.05) is 14.1 Å². The average molecular weight is 138 g/mol. The van der Waals surface area contributed by atoms with Gasteiger partial charge in [0.1, 0.15) is 5.84 Å². The second-order valence-electron chi connectivity index (χ2n) is 2.76. The second kappa shape index (κ2) is 2.45. The van der Waals surface area contributed by atoms with Crippen molar-refractivity contribution in [2.24, 2.45) is 4.99 Å². The van der Waals surface area contributed by atoms with Crippen LogP contribution in [0.5, 0.6) is 0 Å². The molecule has 0 saturated carbocycles. The molecule has 1 fully saturated rings. The van der Waals surface area contributed by atoms with Gasteiger partial charge in [0.05, 0.1) is 0 Å². The molecule has 0 radical (unpaired) electrons. The standard InChI is InChI=1S/C8H14N2/c1-6-5-8(9-3)10(4)7(6)2/h7H,1,5H2,2-4H3. The van der Waals surface area contributed by atoms with E-state index >= 15 is 0 Å². The summed E-state index contributed by atoms with van der Waals surface area (Å²) in [6.45, 7) is 6.11. The summed E-state index contributed by atoms with van der Waals surface area (Å²) < 4.78 is 0. The van der Waals surface area contributed by atoms with E-state index in [-0.39, 0.29) is 0 Å². The number of hydrogen-bond acceptors (Lipinski definition) is 1. The van der Waals surface area contributed by atoms with Crippen LogP contribution in [0.2, 0.25) is 0 Å². The van der Waals surface area contributed by atoms with Crippen LogP contribution < -0.4 is 0 Å². The lowest BCUT2D eigenvalue weighted by Crippen LogP contribution is -2.26. The Morgan fingerprint density at radius 2 is 2.30 bits per heavy atom. The van der Waals surface area contributed by atoms with Gasteiger partial charge in [-0.15, -0.1) is 0 Å². The molecule has 0 aromatic carbocycles. The molecule has 1 unspecified atom stereocenters. The Hall–Kier alpha value is -0.790. The highest BCUT2D eigenvalue weighted by Gasteiger charge is 2.24. The van der Waals surface area contributed by atoms with Crippen LogP contribution >= 0.6 is 0 Å². The van der Waals surface area contributed by atoms with Crippen LogP contribution in [0.4, 0.5) is 0 Å². The molecule has 1 atom stereocenters. The van der Waals surface area contributed by atoms with E-state index in [0.717, 1.165) is 12.3 Å². The minimum Gasteiger partial charge on any atom is -0.357 e. The van der Waals surface area contributed by atoms with Crippen molar-refractivity contribution in [2.45, 2.75) is 19.4 Å². The van der Waals surface area contributed by atoms with Crippen molar-refractivity contribution in [3.05, 3.63) is 12.2 Å². The molecule has 2 heteroatoms. The number of likely N-dealkylation sites (N-methyl/N-ethyl adjacent to an activating group) is 1. The summed E-state index contributed by atoms with van der Waals surface area (Å²) in [7, 11) is 3.89. The lowest BCUT2D eigenvalue weighted by atomic mass is 10.2. The molecule has 1 aliphatic rings. The van der Waals surface area contributed by atoms with Crippen LogP contribution in [0, 0.1) is 0 Å². The molecule has 0 aliphatic carbocycles. The van der Waals surface area contributed by atoms with E-state index in [2.05, 4.69) is 30.4 Å². The molecule has 0 spiro atoms. The Balaban J connectivity index is 2.81. The van der Waals surface area contributed by atoms with E-state index in [1.165, 1.54) is 5.57 Å². The summed E-state index contributed by atoms with van der Waals surface area (Å²) in [5.74, 6) is 1.15. The summed E-state index contributed by atoms with van der Waals surface area (Å²) in [5, 5.41) is 0. The highest BCUT2D eigenvalue weighted by atomic mass is 15.2. The van der Waals surface area contributed by atoms with Gasteiger partial charge in [-0.2, -0.15) is 0 Å². The summed E-state index contributed by atoms with van der Waals surface area (Å²) >= 11 is 0. The minimum atomic E-state index is 0.471. The third kappa shape index (κ3) is 0.939. The molecule has 0 N–H and O–H groups in total. The Kier molecular flexibility index (Phi) is 1.79. The van der Waals surface area contributed by atoms with Crippen molar-refractivity contribution in [1.82, 2.24) is 4.90 Å². The van der Waals surface area contributed by atoms with Crippen LogP contribution in [-0.4, -0.2) is 30.9 Å². The van der Waals surface area contributed by atoms with Crippen molar-refractivity contribution in [1.29, 1.82) is 0 Å². The van der Waals surface area contributed by atoms with Crippen LogP contribution in [-0.2, 0) is 0 Å². The van der Waals surface area contributed by atoms with Crippen LogP contribution in [0.15, 0.2) is 17.1 Å². The molecule has 1 aliphatic heterocycles. The third-order valence-electron chi connectivity index (χ3n) is 2.22. The van der Waals surface area contributed by atoms with Gasteiger partial charge in [-0.3, -0.25) is 4.99 Å². The van der Waals surface area contributed by atoms with Crippen LogP contribution in [0.1, 0.15) is 13.3 Å². The second-order valence-corrected chi connectivity index (χ2v) is 2.76. The summed E-state index contributed by atoms with van der Waals surface area (Å²) in [6, 6.07) is 0.471. The van der Waals surface area contributed by atoms with Gasteiger partial charge in [-0.25, -0.2) is 0 Å². The molecular weight excluding hydrogens is 124 g/mol. The van der Waals surface area contributed by atoms with Gasteiger partial charge in [0.2, 0.25) is 0 Å². The van der Waals surface area contributed by atoms with E-state index in [1.807, 2.05) is 7.05 Å². The molecular formula is C8H14N2. The molecule has 10 heavy (non-hydrogen) atoms. The first-order valence-corrected chi connectivity index (χ1v) is 3.53. The lowest BCUT2D eigenvalue weighted by Gasteiger charge is -2.17. The first kappa shape index (κ1) is 7.32. The van der Waals surface area contributed by atoms with Crippen LogP contribution in [0.3, 0.4) is 0 Å². The van der Waals surface area contributed by atoms with E-state index in [1.54, 1.807) is 0 Å².